The highest BCUT2D eigenvalue weighted by Crippen LogP contribution is 2.21. The monoisotopic (exact) mass is 387 g/mol. The molecule has 0 aromatic heterocycles. The Bertz CT molecular complexity index is 844. The van der Waals surface area contributed by atoms with Gasteiger partial charge in [-0.15, -0.1) is 0 Å². The molecule has 0 unspecified atom stereocenters. The minimum Gasteiger partial charge on any atom is -0.376 e. The van der Waals surface area contributed by atoms with Crippen molar-refractivity contribution in [2.75, 3.05) is 30.3 Å². The second-order valence-electron chi connectivity index (χ2n) is 6.61. The van der Waals surface area contributed by atoms with E-state index in [-0.39, 0.29) is 12.5 Å². The maximum atomic E-state index is 12.8. The molecule has 0 aliphatic carbocycles. The topological polar surface area (TPSA) is 78.5 Å². The zero-order valence-corrected chi connectivity index (χ0v) is 16.0. The van der Waals surface area contributed by atoms with Gasteiger partial charge in [0.25, 0.3) is 0 Å². The van der Waals surface area contributed by atoms with Crippen molar-refractivity contribution in [1.82, 2.24) is 4.31 Å². The summed E-state index contributed by atoms with van der Waals surface area (Å²) in [4.78, 5) is 12.3. The molecule has 27 heavy (non-hydrogen) atoms. The van der Waals surface area contributed by atoms with Gasteiger partial charge >= 0.3 is 0 Å². The molecule has 1 heterocycles. The second-order valence-corrected chi connectivity index (χ2v) is 8.55. The molecule has 1 saturated heterocycles. The molecule has 7 heteroatoms. The van der Waals surface area contributed by atoms with Crippen LogP contribution in [0.4, 0.5) is 11.4 Å². The van der Waals surface area contributed by atoms with Crippen LogP contribution in [0.15, 0.2) is 59.5 Å². The van der Waals surface area contributed by atoms with Crippen LogP contribution in [0.1, 0.15) is 25.7 Å². The largest absolute Gasteiger partial charge is 0.376 e. The molecule has 144 valence electrons. The van der Waals surface area contributed by atoms with E-state index < -0.39 is 10.0 Å². The maximum absolute atomic E-state index is 12.8. The number of hydrogen-bond donors (Lipinski definition) is 2. The van der Waals surface area contributed by atoms with E-state index in [0.29, 0.717) is 23.7 Å². The van der Waals surface area contributed by atoms with E-state index in [9.17, 15) is 13.2 Å². The average molecular weight is 388 g/mol. The molecule has 2 N–H and O–H groups in total. The number of anilines is 2. The number of hydrogen-bond acceptors (Lipinski definition) is 4. The molecule has 3 rings (SSSR count). The minimum absolute atomic E-state index is 0.104. The standard InChI is InChI=1S/C20H25N3O3S/c24-20(22-18-8-4-3-5-9-18)16-21-17-10-12-19(13-11-17)27(25,26)23-14-6-1-2-7-15-23/h3-5,8-13,21H,1-2,6-7,14-16H2,(H,22,24). The number of nitrogens with one attached hydrogen (secondary N) is 2. The summed E-state index contributed by atoms with van der Waals surface area (Å²) in [6.07, 6.45) is 3.99. The van der Waals surface area contributed by atoms with E-state index in [2.05, 4.69) is 10.6 Å². The highest BCUT2D eigenvalue weighted by Gasteiger charge is 2.24. The summed E-state index contributed by atoms with van der Waals surface area (Å²) in [6, 6.07) is 15.8. The van der Waals surface area contributed by atoms with Gasteiger partial charge in [-0.2, -0.15) is 4.31 Å². The molecule has 0 saturated carbocycles. The lowest BCUT2D eigenvalue weighted by molar-refractivity contribution is -0.114. The number of para-hydroxylation sites is 1. The van der Waals surface area contributed by atoms with Crippen LogP contribution < -0.4 is 10.6 Å². The van der Waals surface area contributed by atoms with Gasteiger partial charge in [-0.3, -0.25) is 4.79 Å². The van der Waals surface area contributed by atoms with Gasteiger partial charge in [-0.05, 0) is 49.2 Å². The van der Waals surface area contributed by atoms with Crippen molar-refractivity contribution in [3.8, 4) is 0 Å². The van der Waals surface area contributed by atoms with Gasteiger partial charge in [0.15, 0.2) is 0 Å². The molecule has 0 atom stereocenters. The van der Waals surface area contributed by atoms with Gasteiger partial charge < -0.3 is 10.6 Å². The van der Waals surface area contributed by atoms with Crippen LogP contribution in [-0.2, 0) is 14.8 Å². The maximum Gasteiger partial charge on any atom is 0.243 e. The number of carbonyl (C=O) groups is 1. The molecule has 1 amide bonds. The van der Waals surface area contributed by atoms with Crippen molar-refractivity contribution in [3.63, 3.8) is 0 Å². The first kappa shape index (κ1) is 19.4. The Kier molecular flexibility index (Phi) is 6.47. The molecular weight excluding hydrogens is 362 g/mol. The first-order valence-corrected chi connectivity index (χ1v) is 10.7. The second kappa shape index (κ2) is 9.01. The molecule has 1 fully saturated rings. The van der Waals surface area contributed by atoms with E-state index in [4.69, 9.17) is 0 Å². The van der Waals surface area contributed by atoms with Crippen molar-refractivity contribution in [3.05, 3.63) is 54.6 Å². The normalized spacial score (nSPS) is 15.7. The molecular formula is C20H25N3O3S. The lowest BCUT2D eigenvalue weighted by Crippen LogP contribution is -2.31. The van der Waals surface area contributed by atoms with Crippen LogP contribution in [0.25, 0.3) is 0 Å². The molecule has 6 nitrogen and oxygen atoms in total. The fourth-order valence-corrected chi connectivity index (χ4v) is 4.60. The third kappa shape index (κ3) is 5.30. The summed E-state index contributed by atoms with van der Waals surface area (Å²) in [5.41, 5.74) is 1.44. The Morgan fingerprint density at radius 1 is 0.852 bits per heavy atom. The lowest BCUT2D eigenvalue weighted by atomic mass is 10.2. The van der Waals surface area contributed by atoms with Crippen molar-refractivity contribution >= 4 is 27.3 Å². The summed E-state index contributed by atoms with van der Waals surface area (Å²) in [5, 5.41) is 5.81. The van der Waals surface area contributed by atoms with E-state index >= 15 is 0 Å². The summed E-state index contributed by atoms with van der Waals surface area (Å²) in [6.45, 7) is 1.27. The molecule has 2 aromatic carbocycles. The predicted octanol–water partition coefficient (Wildman–Crippen LogP) is 3.30. The van der Waals surface area contributed by atoms with Crippen LogP contribution in [0.5, 0.6) is 0 Å². The van der Waals surface area contributed by atoms with Gasteiger partial charge in [0.2, 0.25) is 15.9 Å². The average Bonchev–Trinajstić information content (AvgIpc) is 2.98. The highest BCUT2D eigenvalue weighted by atomic mass is 32.2. The fraction of sp³-hybridized carbons (Fsp3) is 0.350. The van der Waals surface area contributed by atoms with Crippen molar-refractivity contribution in [1.29, 1.82) is 0 Å². The highest BCUT2D eigenvalue weighted by molar-refractivity contribution is 7.89. The predicted molar refractivity (Wildman–Crippen MR) is 107 cm³/mol. The van der Waals surface area contributed by atoms with E-state index in [1.807, 2.05) is 30.3 Å². The molecule has 0 radical (unpaired) electrons. The third-order valence-corrected chi connectivity index (χ3v) is 6.48. The lowest BCUT2D eigenvalue weighted by Gasteiger charge is -2.20. The fourth-order valence-electron chi connectivity index (χ4n) is 3.08. The van der Waals surface area contributed by atoms with Gasteiger partial charge in [0.1, 0.15) is 0 Å². The summed E-state index contributed by atoms with van der Waals surface area (Å²) in [5.74, 6) is -0.164. The number of carbonyl (C=O) groups excluding carboxylic acids is 1. The molecule has 0 spiro atoms. The Morgan fingerprint density at radius 2 is 1.48 bits per heavy atom. The minimum atomic E-state index is -3.45. The molecule has 1 aliphatic rings. The quantitative estimate of drug-likeness (QED) is 0.797. The van der Waals surface area contributed by atoms with Crippen LogP contribution in [0.2, 0.25) is 0 Å². The first-order chi connectivity index (χ1) is 13.1. The summed E-state index contributed by atoms with van der Waals surface area (Å²) in [7, 11) is -3.45. The van der Waals surface area contributed by atoms with Gasteiger partial charge in [-0.25, -0.2) is 8.42 Å². The zero-order valence-electron chi connectivity index (χ0n) is 15.2. The Hall–Kier alpha value is -2.38. The Balaban J connectivity index is 1.57. The van der Waals surface area contributed by atoms with Gasteiger partial charge in [0, 0.05) is 24.5 Å². The summed E-state index contributed by atoms with van der Waals surface area (Å²) >= 11 is 0. The number of rotatable bonds is 6. The van der Waals surface area contributed by atoms with Crippen molar-refractivity contribution in [2.24, 2.45) is 0 Å². The van der Waals surface area contributed by atoms with Crippen LogP contribution in [0.3, 0.4) is 0 Å². The van der Waals surface area contributed by atoms with Crippen LogP contribution >= 0.6 is 0 Å². The molecule has 2 aromatic rings. The van der Waals surface area contributed by atoms with Gasteiger partial charge in [-0.1, -0.05) is 31.0 Å². The third-order valence-electron chi connectivity index (χ3n) is 4.57. The van der Waals surface area contributed by atoms with Crippen LogP contribution in [0, 0.1) is 0 Å². The van der Waals surface area contributed by atoms with Crippen molar-refractivity contribution in [2.45, 2.75) is 30.6 Å². The van der Waals surface area contributed by atoms with E-state index in [0.717, 1.165) is 31.4 Å². The summed E-state index contributed by atoms with van der Waals surface area (Å²) < 4.78 is 27.1. The van der Waals surface area contributed by atoms with Crippen molar-refractivity contribution < 1.29 is 13.2 Å². The van der Waals surface area contributed by atoms with E-state index in [1.54, 1.807) is 28.6 Å². The number of benzene rings is 2. The first-order valence-electron chi connectivity index (χ1n) is 9.25. The Labute approximate surface area is 160 Å². The number of amides is 1. The number of nitrogens with zero attached hydrogens (tertiary/aromatic N) is 1. The smallest absolute Gasteiger partial charge is 0.243 e. The SMILES string of the molecule is O=C(CNc1ccc(S(=O)(=O)N2CCCCCC2)cc1)Nc1ccccc1. The molecule has 0 bridgehead atoms. The van der Waals surface area contributed by atoms with Crippen LogP contribution in [-0.4, -0.2) is 38.3 Å². The zero-order chi connectivity index (χ0) is 19.1. The van der Waals surface area contributed by atoms with E-state index in [1.165, 1.54) is 0 Å². The molecule has 1 aliphatic heterocycles. The number of sulfonamides is 1. The van der Waals surface area contributed by atoms with Gasteiger partial charge in [0.05, 0.1) is 11.4 Å². The Morgan fingerprint density at radius 3 is 2.11 bits per heavy atom.